The Morgan fingerprint density at radius 2 is 2.32 bits per heavy atom. The van der Waals surface area contributed by atoms with E-state index in [9.17, 15) is 9.18 Å². The maximum atomic E-state index is 13.5. The second-order valence-corrected chi connectivity index (χ2v) is 5.28. The zero-order valence-electron chi connectivity index (χ0n) is 11.5. The van der Waals surface area contributed by atoms with Gasteiger partial charge in [-0.25, -0.2) is 4.39 Å². The Labute approximate surface area is 113 Å². The number of hydrogen-bond donors (Lipinski definition) is 2. The molecule has 1 aliphatic heterocycles. The van der Waals surface area contributed by atoms with Gasteiger partial charge in [-0.05, 0) is 50.4 Å². The SMILES string of the molecule is Cc1ccc(C(C)NC(=O)C2CCCNC2)cc1F. The first-order chi connectivity index (χ1) is 9.08. The fraction of sp³-hybridized carbons (Fsp3) is 0.533. The number of benzene rings is 1. The maximum absolute atomic E-state index is 13.5. The summed E-state index contributed by atoms with van der Waals surface area (Å²) in [5, 5.41) is 6.19. The van der Waals surface area contributed by atoms with Gasteiger partial charge in [0.15, 0.2) is 0 Å². The van der Waals surface area contributed by atoms with E-state index in [0.717, 1.165) is 31.5 Å². The van der Waals surface area contributed by atoms with Crippen LogP contribution in [0, 0.1) is 18.7 Å². The molecule has 1 aromatic carbocycles. The molecule has 1 heterocycles. The van der Waals surface area contributed by atoms with E-state index in [-0.39, 0.29) is 23.7 Å². The Balaban J connectivity index is 1.97. The summed E-state index contributed by atoms with van der Waals surface area (Å²) in [6.45, 7) is 5.34. The van der Waals surface area contributed by atoms with Crippen LogP contribution in [0.25, 0.3) is 0 Å². The maximum Gasteiger partial charge on any atom is 0.224 e. The van der Waals surface area contributed by atoms with Crippen LogP contribution < -0.4 is 10.6 Å². The van der Waals surface area contributed by atoms with E-state index in [4.69, 9.17) is 0 Å². The lowest BCUT2D eigenvalue weighted by Crippen LogP contribution is -2.41. The number of carbonyl (C=O) groups excluding carboxylic acids is 1. The molecule has 0 aliphatic carbocycles. The normalized spacial score (nSPS) is 20.9. The molecule has 2 N–H and O–H groups in total. The van der Waals surface area contributed by atoms with Crippen molar-refractivity contribution in [3.8, 4) is 0 Å². The smallest absolute Gasteiger partial charge is 0.224 e. The summed E-state index contributed by atoms with van der Waals surface area (Å²) in [5.74, 6) is -0.134. The summed E-state index contributed by atoms with van der Waals surface area (Å²) in [5.41, 5.74) is 1.43. The minimum Gasteiger partial charge on any atom is -0.349 e. The highest BCUT2D eigenvalue weighted by Crippen LogP contribution is 2.18. The molecule has 2 unspecified atom stereocenters. The number of amides is 1. The zero-order valence-corrected chi connectivity index (χ0v) is 11.5. The summed E-state index contributed by atoms with van der Waals surface area (Å²) in [4.78, 5) is 12.1. The molecular formula is C15H21FN2O. The van der Waals surface area contributed by atoms with Crippen molar-refractivity contribution in [3.63, 3.8) is 0 Å². The van der Waals surface area contributed by atoms with Crippen LogP contribution in [-0.4, -0.2) is 19.0 Å². The Morgan fingerprint density at radius 3 is 2.95 bits per heavy atom. The van der Waals surface area contributed by atoms with Crippen LogP contribution in [0.15, 0.2) is 18.2 Å². The van der Waals surface area contributed by atoms with Crippen molar-refractivity contribution < 1.29 is 9.18 Å². The van der Waals surface area contributed by atoms with Crippen LogP contribution in [0.1, 0.15) is 36.9 Å². The molecular weight excluding hydrogens is 243 g/mol. The Hall–Kier alpha value is -1.42. The van der Waals surface area contributed by atoms with Crippen molar-refractivity contribution in [2.24, 2.45) is 5.92 Å². The molecule has 1 fully saturated rings. The topological polar surface area (TPSA) is 41.1 Å². The van der Waals surface area contributed by atoms with Gasteiger partial charge < -0.3 is 10.6 Å². The number of rotatable bonds is 3. The van der Waals surface area contributed by atoms with Crippen LogP contribution in [0.2, 0.25) is 0 Å². The Morgan fingerprint density at radius 1 is 1.53 bits per heavy atom. The van der Waals surface area contributed by atoms with Gasteiger partial charge in [0.25, 0.3) is 0 Å². The largest absolute Gasteiger partial charge is 0.349 e. The molecule has 2 rings (SSSR count). The lowest BCUT2D eigenvalue weighted by atomic mass is 9.97. The summed E-state index contributed by atoms with van der Waals surface area (Å²) < 4.78 is 13.5. The third-order valence-electron chi connectivity index (χ3n) is 3.72. The van der Waals surface area contributed by atoms with Crippen molar-refractivity contribution in [2.75, 3.05) is 13.1 Å². The number of halogens is 1. The van der Waals surface area contributed by atoms with E-state index in [1.165, 1.54) is 6.07 Å². The van der Waals surface area contributed by atoms with Crippen LogP contribution in [-0.2, 0) is 4.79 Å². The lowest BCUT2D eigenvalue weighted by molar-refractivity contribution is -0.126. The van der Waals surface area contributed by atoms with Crippen molar-refractivity contribution in [3.05, 3.63) is 35.1 Å². The Bertz CT molecular complexity index is 455. The number of carbonyl (C=O) groups is 1. The van der Waals surface area contributed by atoms with Gasteiger partial charge in [-0.2, -0.15) is 0 Å². The van der Waals surface area contributed by atoms with Gasteiger partial charge in [0, 0.05) is 6.54 Å². The fourth-order valence-corrected chi connectivity index (χ4v) is 2.37. The van der Waals surface area contributed by atoms with E-state index in [1.807, 2.05) is 13.0 Å². The molecule has 0 spiro atoms. The summed E-state index contributed by atoms with van der Waals surface area (Å²) in [7, 11) is 0. The molecule has 3 nitrogen and oxygen atoms in total. The molecule has 0 bridgehead atoms. The average molecular weight is 264 g/mol. The summed E-state index contributed by atoms with van der Waals surface area (Å²) >= 11 is 0. The van der Waals surface area contributed by atoms with Gasteiger partial charge >= 0.3 is 0 Å². The monoisotopic (exact) mass is 264 g/mol. The zero-order chi connectivity index (χ0) is 13.8. The molecule has 0 radical (unpaired) electrons. The van der Waals surface area contributed by atoms with Gasteiger partial charge in [0.05, 0.1) is 12.0 Å². The standard InChI is InChI=1S/C15H21FN2O/c1-10-5-6-12(8-14(10)16)11(2)18-15(19)13-4-3-7-17-9-13/h5-6,8,11,13,17H,3-4,7,9H2,1-2H3,(H,18,19). The van der Waals surface area contributed by atoms with Crippen LogP contribution >= 0.6 is 0 Å². The highest BCUT2D eigenvalue weighted by atomic mass is 19.1. The average Bonchev–Trinajstić information content (AvgIpc) is 2.42. The van der Waals surface area contributed by atoms with E-state index in [0.29, 0.717) is 5.56 Å². The van der Waals surface area contributed by atoms with Gasteiger partial charge in [-0.1, -0.05) is 12.1 Å². The summed E-state index contributed by atoms with van der Waals surface area (Å²) in [6, 6.07) is 4.95. The molecule has 0 saturated carbocycles. The highest BCUT2D eigenvalue weighted by molar-refractivity contribution is 5.79. The minimum atomic E-state index is -0.224. The molecule has 1 saturated heterocycles. The van der Waals surface area contributed by atoms with Gasteiger partial charge in [-0.3, -0.25) is 4.79 Å². The Kier molecular flexibility index (Phi) is 4.53. The van der Waals surface area contributed by atoms with E-state index < -0.39 is 0 Å². The van der Waals surface area contributed by atoms with Crippen LogP contribution in [0.4, 0.5) is 4.39 Å². The van der Waals surface area contributed by atoms with Crippen molar-refractivity contribution in [1.29, 1.82) is 0 Å². The number of hydrogen-bond acceptors (Lipinski definition) is 2. The first kappa shape index (κ1) is 14.0. The molecule has 1 aromatic rings. The van der Waals surface area contributed by atoms with E-state index >= 15 is 0 Å². The second-order valence-electron chi connectivity index (χ2n) is 5.28. The lowest BCUT2D eigenvalue weighted by Gasteiger charge is -2.24. The molecule has 0 aromatic heterocycles. The fourth-order valence-electron chi connectivity index (χ4n) is 2.37. The van der Waals surface area contributed by atoms with Gasteiger partial charge in [0.1, 0.15) is 5.82 Å². The number of nitrogens with one attached hydrogen (secondary N) is 2. The predicted octanol–water partition coefficient (Wildman–Crippen LogP) is 2.31. The first-order valence-electron chi connectivity index (χ1n) is 6.85. The van der Waals surface area contributed by atoms with Crippen LogP contribution in [0.3, 0.4) is 0 Å². The van der Waals surface area contributed by atoms with Crippen molar-refractivity contribution >= 4 is 5.91 Å². The van der Waals surface area contributed by atoms with Crippen molar-refractivity contribution in [2.45, 2.75) is 32.7 Å². The summed E-state index contributed by atoms with van der Waals surface area (Å²) in [6.07, 6.45) is 1.96. The molecule has 4 heteroatoms. The molecule has 1 aliphatic rings. The second kappa shape index (κ2) is 6.15. The van der Waals surface area contributed by atoms with E-state index in [2.05, 4.69) is 10.6 Å². The van der Waals surface area contributed by atoms with Crippen molar-refractivity contribution in [1.82, 2.24) is 10.6 Å². The third kappa shape index (κ3) is 3.53. The number of aryl methyl sites for hydroxylation is 1. The molecule has 104 valence electrons. The predicted molar refractivity (Wildman–Crippen MR) is 73.3 cm³/mol. The minimum absolute atomic E-state index is 0.0338. The molecule has 19 heavy (non-hydrogen) atoms. The first-order valence-corrected chi connectivity index (χ1v) is 6.85. The van der Waals surface area contributed by atoms with E-state index in [1.54, 1.807) is 13.0 Å². The van der Waals surface area contributed by atoms with Gasteiger partial charge in [0.2, 0.25) is 5.91 Å². The number of piperidine rings is 1. The third-order valence-corrected chi connectivity index (χ3v) is 3.72. The molecule has 2 atom stereocenters. The molecule has 1 amide bonds. The highest BCUT2D eigenvalue weighted by Gasteiger charge is 2.22. The van der Waals surface area contributed by atoms with Crippen LogP contribution in [0.5, 0.6) is 0 Å². The quantitative estimate of drug-likeness (QED) is 0.879. The van der Waals surface area contributed by atoms with Gasteiger partial charge in [-0.15, -0.1) is 0 Å².